The van der Waals surface area contributed by atoms with Crippen molar-refractivity contribution in [3.63, 3.8) is 0 Å². The lowest BCUT2D eigenvalue weighted by atomic mass is 10.2. The van der Waals surface area contributed by atoms with Crippen molar-refractivity contribution < 1.29 is 9.59 Å². The fourth-order valence-electron chi connectivity index (χ4n) is 2.29. The van der Waals surface area contributed by atoms with Crippen molar-refractivity contribution in [1.82, 2.24) is 15.2 Å². The molecular weight excluding hydrogens is 250 g/mol. The van der Waals surface area contributed by atoms with Crippen LogP contribution in [0.15, 0.2) is 5.38 Å². The van der Waals surface area contributed by atoms with Gasteiger partial charge in [-0.25, -0.2) is 4.98 Å². The highest BCUT2D eigenvalue weighted by Gasteiger charge is 2.39. The molecule has 3 rings (SSSR count). The summed E-state index contributed by atoms with van der Waals surface area (Å²) in [5.74, 6) is -0.00736. The van der Waals surface area contributed by atoms with E-state index in [0.29, 0.717) is 24.7 Å². The number of hydrogen-bond acceptors (Lipinski definition) is 4. The molecule has 2 heterocycles. The Morgan fingerprint density at radius 3 is 2.94 bits per heavy atom. The number of nitrogens with one attached hydrogen (secondary N) is 1. The van der Waals surface area contributed by atoms with E-state index in [2.05, 4.69) is 10.3 Å². The van der Waals surface area contributed by atoms with Crippen LogP contribution in [0.2, 0.25) is 0 Å². The molecule has 5 nitrogen and oxygen atoms in total. The third-order valence-corrected chi connectivity index (χ3v) is 4.11. The van der Waals surface area contributed by atoms with Crippen LogP contribution in [0.4, 0.5) is 0 Å². The molecule has 0 spiro atoms. The Hall–Kier alpha value is -1.43. The van der Waals surface area contributed by atoms with E-state index in [1.54, 1.807) is 5.38 Å². The molecule has 1 saturated carbocycles. The number of aryl methyl sites for hydroxylation is 1. The maximum Gasteiger partial charge on any atom is 0.271 e. The smallest absolute Gasteiger partial charge is 0.271 e. The Morgan fingerprint density at radius 1 is 1.56 bits per heavy atom. The first kappa shape index (κ1) is 11.6. The topological polar surface area (TPSA) is 62.3 Å². The molecular formula is C12H15N3O2S. The molecule has 1 aliphatic carbocycles. The molecule has 0 aromatic carbocycles. The minimum absolute atomic E-state index is 0.0624. The van der Waals surface area contributed by atoms with Crippen molar-refractivity contribution in [3.8, 4) is 0 Å². The lowest BCUT2D eigenvalue weighted by Gasteiger charge is -2.15. The molecule has 2 fully saturated rings. The van der Waals surface area contributed by atoms with Gasteiger partial charge in [0.2, 0.25) is 5.91 Å². The Kier molecular flexibility index (Phi) is 2.81. The van der Waals surface area contributed by atoms with E-state index in [4.69, 9.17) is 0 Å². The zero-order valence-corrected chi connectivity index (χ0v) is 11.0. The Labute approximate surface area is 109 Å². The summed E-state index contributed by atoms with van der Waals surface area (Å²) in [7, 11) is 0. The molecule has 1 aromatic heterocycles. The van der Waals surface area contributed by atoms with E-state index < -0.39 is 0 Å². The van der Waals surface area contributed by atoms with Crippen molar-refractivity contribution in [1.29, 1.82) is 0 Å². The van der Waals surface area contributed by atoms with E-state index >= 15 is 0 Å². The van der Waals surface area contributed by atoms with Crippen LogP contribution in [0.3, 0.4) is 0 Å². The van der Waals surface area contributed by atoms with Gasteiger partial charge in [0.05, 0.1) is 11.0 Å². The SMILES string of the molecule is Cc1nc(C(=O)N[C@@H]2CC(=O)N(C3CC3)C2)cs1. The van der Waals surface area contributed by atoms with Gasteiger partial charge in [-0.3, -0.25) is 9.59 Å². The van der Waals surface area contributed by atoms with Gasteiger partial charge in [-0.2, -0.15) is 0 Å². The van der Waals surface area contributed by atoms with Gasteiger partial charge in [0.1, 0.15) is 5.69 Å². The summed E-state index contributed by atoms with van der Waals surface area (Å²) in [4.78, 5) is 29.7. The molecule has 1 atom stereocenters. The van der Waals surface area contributed by atoms with Gasteiger partial charge in [0.25, 0.3) is 5.91 Å². The van der Waals surface area contributed by atoms with Crippen molar-refractivity contribution in [3.05, 3.63) is 16.1 Å². The Balaban J connectivity index is 1.60. The Bertz CT molecular complexity index is 495. The van der Waals surface area contributed by atoms with Gasteiger partial charge in [0.15, 0.2) is 0 Å². The first-order chi connectivity index (χ1) is 8.63. The number of hydrogen-bond donors (Lipinski definition) is 1. The van der Waals surface area contributed by atoms with Crippen LogP contribution in [0, 0.1) is 6.92 Å². The summed E-state index contributed by atoms with van der Waals surface area (Å²) in [6.45, 7) is 2.52. The molecule has 1 N–H and O–H groups in total. The minimum Gasteiger partial charge on any atom is -0.346 e. The number of nitrogens with zero attached hydrogens (tertiary/aromatic N) is 2. The zero-order valence-electron chi connectivity index (χ0n) is 10.2. The van der Waals surface area contributed by atoms with Crippen LogP contribution in [-0.2, 0) is 4.79 Å². The highest BCUT2D eigenvalue weighted by atomic mass is 32.1. The quantitative estimate of drug-likeness (QED) is 0.885. The fraction of sp³-hybridized carbons (Fsp3) is 0.583. The van der Waals surface area contributed by atoms with E-state index in [1.807, 2.05) is 11.8 Å². The molecule has 1 aromatic rings. The van der Waals surface area contributed by atoms with Gasteiger partial charge < -0.3 is 10.2 Å². The standard InChI is InChI=1S/C12H15N3O2S/c1-7-13-10(6-18-7)12(17)14-8-4-11(16)15(5-8)9-2-3-9/h6,8-9H,2-5H2,1H3,(H,14,17)/t8-/m1/s1. The third kappa shape index (κ3) is 2.25. The molecule has 0 bridgehead atoms. The molecule has 96 valence electrons. The first-order valence-corrected chi connectivity index (χ1v) is 7.04. The van der Waals surface area contributed by atoms with E-state index in [-0.39, 0.29) is 17.9 Å². The molecule has 6 heteroatoms. The summed E-state index contributed by atoms with van der Waals surface area (Å²) in [5.41, 5.74) is 0.454. The average Bonchev–Trinajstić information content (AvgIpc) is 2.97. The van der Waals surface area contributed by atoms with E-state index in [0.717, 1.165) is 17.8 Å². The van der Waals surface area contributed by atoms with Crippen molar-refractivity contribution >= 4 is 23.2 Å². The molecule has 1 saturated heterocycles. The number of amides is 2. The second kappa shape index (κ2) is 4.35. The summed E-state index contributed by atoms with van der Waals surface area (Å²) >= 11 is 1.46. The number of thiazole rings is 1. The van der Waals surface area contributed by atoms with Gasteiger partial charge >= 0.3 is 0 Å². The molecule has 2 amide bonds. The highest BCUT2D eigenvalue weighted by molar-refractivity contribution is 7.09. The lowest BCUT2D eigenvalue weighted by molar-refractivity contribution is -0.128. The minimum atomic E-state index is -0.171. The van der Waals surface area contributed by atoms with E-state index in [9.17, 15) is 9.59 Å². The second-order valence-corrected chi connectivity index (χ2v) is 5.97. The molecule has 0 radical (unpaired) electrons. The van der Waals surface area contributed by atoms with Crippen LogP contribution < -0.4 is 5.32 Å². The van der Waals surface area contributed by atoms with Gasteiger partial charge in [0, 0.05) is 24.4 Å². The highest BCUT2D eigenvalue weighted by Crippen LogP contribution is 2.30. The van der Waals surface area contributed by atoms with Gasteiger partial charge in [-0.1, -0.05) is 0 Å². The number of carbonyl (C=O) groups excluding carboxylic acids is 2. The summed E-state index contributed by atoms with van der Waals surface area (Å²) < 4.78 is 0. The maximum absolute atomic E-state index is 11.9. The van der Waals surface area contributed by atoms with Gasteiger partial charge in [-0.05, 0) is 19.8 Å². The van der Waals surface area contributed by atoms with Crippen molar-refractivity contribution in [2.24, 2.45) is 0 Å². The number of carbonyl (C=O) groups is 2. The zero-order chi connectivity index (χ0) is 12.7. The molecule has 18 heavy (non-hydrogen) atoms. The van der Waals surface area contributed by atoms with Crippen molar-refractivity contribution in [2.75, 3.05) is 6.54 Å². The fourth-order valence-corrected chi connectivity index (χ4v) is 2.89. The summed E-state index contributed by atoms with van der Waals surface area (Å²) in [6.07, 6.45) is 2.64. The monoisotopic (exact) mass is 265 g/mol. The lowest BCUT2D eigenvalue weighted by Crippen LogP contribution is -2.37. The summed E-state index contributed by atoms with van der Waals surface area (Å²) in [6, 6.07) is 0.369. The van der Waals surface area contributed by atoms with Crippen LogP contribution >= 0.6 is 11.3 Å². The molecule has 1 aliphatic heterocycles. The third-order valence-electron chi connectivity index (χ3n) is 3.33. The number of likely N-dealkylation sites (tertiary alicyclic amines) is 1. The largest absolute Gasteiger partial charge is 0.346 e. The second-order valence-electron chi connectivity index (χ2n) is 4.90. The summed E-state index contributed by atoms with van der Waals surface area (Å²) in [5, 5.41) is 5.52. The van der Waals surface area contributed by atoms with Crippen LogP contribution in [-0.4, -0.2) is 40.3 Å². The predicted octanol–water partition coefficient (Wildman–Crippen LogP) is 0.945. The normalized spacial score (nSPS) is 23.5. The average molecular weight is 265 g/mol. The number of rotatable bonds is 3. The number of aromatic nitrogens is 1. The van der Waals surface area contributed by atoms with Crippen LogP contribution in [0.1, 0.15) is 34.8 Å². The molecule has 0 unspecified atom stereocenters. The first-order valence-electron chi connectivity index (χ1n) is 6.16. The van der Waals surface area contributed by atoms with Crippen LogP contribution in [0.5, 0.6) is 0 Å². The molecule has 2 aliphatic rings. The van der Waals surface area contributed by atoms with Crippen molar-refractivity contribution in [2.45, 2.75) is 38.3 Å². The van der Waals surface area contributed by atoms with Crippen LogP contribution in [0.25, 0.3) is 0 Å². The predicted molar refractivity (Wildman–Crippen MR) is 67.5 cm³/mol. The maximum atomic E-state index is 11.9. The van der Waals surface area contributed by atoms with E-state index in [1.165, 1.54) is 11.3 Å². The van der Waals surface area contributed by atoms with Gasteiger partial charge in [-0.15, -0.1) is 11.3 Å². The Morgan fingerprint density at radius 2 is 2.33 bits per heavy atom.